The van der Waals surface area contributed by atoms with Crippen LogP contribution in [0.5, 0.6) is 0 Å². The summed E-state index contributed by atoms with van der Waals surface area (Å²) in [6.07, 6.45) is 2.94. The van der Waals surface area contributed by atoms with Crippen LogP contribution in [0.3, 0.4) is 0 Å². The number of rotatable bonds is 5. The van der Waals surface area contributed by atoms with Crippen LogP contribution in [0.1, 0.15) is 37.5 Å². The normalized spacial score (nSPS) is 11.1. The molecule has 0 unspecified atom stereocenters. The Balaban J connectivity index is 0.00000288. The van der Waals surface area contributed by atoms with Gasteiger partial charge in [0.25, 0.3) is 0 Å². The van der Waals surface area contributed by atoms with E-state index in [0.29, 0.717) is 5.96 Å². The van der Waals surface area contributed by atoms with Gasteiger partial charge in [-0.05, 0) is 70.1 Å². The Morgan fingerprint density at radius 1 is 1.04 bits per heavy atom. The molecule has 0 aliphatic carbocycles. The van der Waals surface area contributed by atoms with E-state index in [1.54, 1.807) is 0 Å². The minimum absolute atomic E-state index is 0. The Morgan fingerprint density at radius 3 is 2.38 bits per heavy atom. The topological polar surface area (TPSA) is 50.4 Å². The number of halogens is 2. The maximum Gasteiger partial charge on any atom is 0.198 e. The van der Waals surface area contributed by atoms with Crippen molar-refractivity contribution < 1.29 is 0 Å². The van der Waals surface area contributed by atoms with Crippen molar-refractivity contribution in [3.05, 3.63) is 57.6 Å². The van der Waals surface area contributed by atoms with Crippen molar-refractivity contribution in [1.29, 1.82) is 0 Å². The highest BCUT2D eigenvalue weighted by atomic mass is 79.9. The monoisotopic (exact) mass is 409 g/mol. The van der Waals surface area contributed by atoms with Gasteiger partial charge in [0.1, 0.15) is 0 Å². The van der Waals surface area contributed by atoms with Gasteiger partial charge in [0.2, 0.25) is 0 Å². The third kappa shape index (κ3) is 5.25. The molecule has 5 heteroatoms. The molecule has 0 aromatic heterocycles. The number of nitrogens with zero attached hydrogens (tertiary/aromatic N) is 1. The number of nitrogens with two attached hydrogens (primary N) is 1. The molecule has 3 nitrogen and oxygen atoms in total. The average molecular weight is 411 g/mol. The Hall–Kier alpha value is -1.52. The second kappa shape index (κ2) is 9.70. The molecule has 0 atom stereocenters. The Morgan fingerprint density at radius 2 is 1.75 bits per heavy atom. The lowest BCUT2D eigenvalue weighted by Gasteiger charge is -2.11. The van der Waals surface area contributed by atoms with Crippen molar-refractivity contribution in [3.63, 3.8) is 0 Å². The van der Waals surface area contributed by atoms with Crippen LogP contribution in [0.25, 0.3) is 0 Å². The van der Waals surface area contributed by atoms with Gasteiger partial charge in [-0.3, -0.25) is 0 Å². The van der Waals surface area contributed by atoms with Gasteiger partial charge in [-0.1, -0.05) is 39.0 Å². The second-order valence-corrected chi connectivity index (χ2v) is 6.26. The van der Waals surface area contributed by atoms with E-state index in [4.69, 9.17) is 5.73 Å². The molecule has 0 saturated heterocycles. The molecule has 0 bridgehead atoms. The van der Waals surface area contributed by atoms with Crippen LogP contribution in [-0.4, -0.2) is 5.96 Å². The van der Waals surface area contributed by atoms with Gasteiger partial charge in [-0.15, -0.1) is 12.4 Å². The van der Waals surface area contributed by atoms with Gasteiger partial charge in [0, 0.05) is 10.2 Å². The molecular formula is C19H25BrClN3. The maximum absolute atomic E-state index is 6.10. The quantitative estimate of drug-likeness (QED) is 0.496. The lowest BCUT2D eigenvalue weighted by Crippen LogP contribution is -2.22. The molecule has 0 fully saturated rings. The second-order valence-electron chi connectivity index (χ2n) is 5.47. The summed E-state index contributed by atoms with van der Waals surface area (Å²) in [6, 6.07) is 12.5. The number of hydrogen-bond donors (Lipinski definition) is 2. The molecular weight excluding hydrogens is 386 g/mol. The first-order valence-corrected chi connectivity index (χ1v) is 8.88. The van der Waals surface area contributed by atoms with Crippen LogP contribution < -0.4 is 11.1 Å². The predicted octanol–water partition coefficient (Wildman–Crippen LogP) is 5.62. The molecule has 2 aromatic carbocycles. The summed E-state index contributed by atoms with van der Waals surface area (Å²) < 4.78 is 1.02. The Bertz CT molecular complexity index is 714. The molecule has 130 valence electrons. The zero-order valence-corrected chi connectivity index (χ0v) is 16.8. The van der Waals surface area contributed by atoms with E-state index in [2.05, 4.69) is 71.3 Å². The smallest absolute Gasteiger partial charge is 0.198 e. The first-order chi connectivity index (χ1) is 11.1. The summed E-state index contributed by atoms with van der Waals surface area (Å²) in [7, 11) is 0. The number of nitrogens with one attached hydrogen (secondary N) is 1. The zero-order chi connectivity index (χ0) is 16.8. The van der Waals surface area contributed by atoms with Crippen LogP contribution in [0, 0.1) is 0 Å². The first kappa shape index (κ1) is 20.5. The molecule has 0 aliphatic rings. The van der Waals surface area contributed by atoms with E-state index < -0.39 is 0 Å². The predicted molar refractivity (Wildman–Crippen MR) is 111 cm³/mol. The van der Waals surface area contributed by atoms with Crippen LogP contribution in [-0.2, 0) is 19.3 Å². The Kier molecular flexibility index (Phi) is 8.29. The van der Waals surface area contributed by atoms with Crippen molar-refractivity contribution in [2.24, 2.45) is 10.7 Å². The summed E-state index contributed by atoms with van der Waals surface area (Å²) in [5.41, 5.74) is 11.7. The van der Waals surface area contributed by atoms with Gasteiger partial charge in [0.05, 0.1) is 5.69 Å². The summed E-state index contributed by atoms with van der Waals surface area (Å²) in [6.45, 7) is 6.43. The lowest BCUT2D eigenvalue weighted by atomic mass is 10.1. The number of aryl methyl sites for hydroxylation is 3. The average Bonchev–Trinajstić information content (AvgIpc) is 2.56. The highest BCUT2D eigenvalue weighted by molar-refractivity contribution is 9.10. The molecule has 0 radical (unpaired) electrons. The van der Waals surface area contributed by atoms with Crippen LogP contribution in [0.4, 0.5) is 11.4 Å². The van der Waals surface area contributed by atoms with Gasteiger partial charge in [-0.25, -0.2) is 4.99 Å². The molecule has 2 aromatic rings. The molecule has 24 heavy (non-hydrogen) atoms. The number of benzene rings is 2. The highest BCUT2D eigenvalue weighted by Crippen LogP contribution is 2.31. The summed E-state index contributed by atoms with van der Waals surface area (Å²) >= 11 is 3.65. The van der Waals surface area contributed by atoms with Crippen molar-refractivity contribution in [2.45, 2.75) is 40.0 Å². The highest BCUT2D eigenvalue weighted by Gasteiger charge is 2.07. The standard InChI is InChI=1S/C19H24BrN3.ClH/c1-4-13-8-7-9-16(11-13)22-19(21)23-17-12-14(5-2)10-15(6-3)18(17)20;/h7-12H,4-6H2,1-3H3,(H3,21,22,23);1H. The van der Waals surface area contributed by atoms with Crippen molar-refractivity contribution in [2.75, 3.05) is 5.32 Å². The van der Waals surface area contributed by atoms with Crippen molar-refractivity contribution >= 4 is 45.7 Å². The fourth-order valence-corrected chi connectivity index (χ4v) is 3.05. The fraction of sp³-hybridized carbons (Fsp3) is 0.316. The number of anilines is 1. The molecule has 2 rings (SSSR count). The third-order valence-electron chi connectivity index (χ3n) is 3.83. The SMILES string of the molecule is CCc1cccc(NC(N)=Nc2cc(CC)cc(CC)c2Br)c1.Cl. The zero-order valence-electron chi connectivity index (χ0n) is 14.4. The van der Waals surface area contributed by atoms with Crippen molar-refractivity contribution in [1.82, 2.24) is 0 Å². The number of aliphatic imine (C=N–C) groups is 1. The minimum Gasteiger partial charge on any atom is -0.369 e. The van der Waals surface area contributed by atoms with E-state index in [1.807, 2.05) is 12.1 Å². The minimum atomic E-state index is 0. The summed E-state index contributed by atoms with van der Waals surface area (Å²) in [4.78, 5) is 4.56. The van der Waals surface area contributed by atoms with E-state index in [-0.39, 0.29) is 12.4 Å². The molecule has 0 amide bonds. The molecule has 3 N–H and O–H groups in total. The summed E-state index contributed by atoms with van der Waals surface area (Å²) in [5, 5.41) is 3.17. The van der Waals surface area contributed by atoms with Crippen molar-refractivity contribution in [3.8, 4) is 0 Å². The van der Waals surface area contributed by atoms with Gasteiger partial charge in [0.15, 0.2) is 5.96 Å². The molecule has 0 heterocycles. The third-order valence-corrected chi connectivity index (χ3v) is 4.74. The van der Waals surface area contributed by atoms with E-state index in [9.17, 15) is 0 Å². The van der Waals surface area contributed by atoms with Gasteiger partial charge >= 0.3 is 0 Å². The largest absolute Gasteiger partial charge is 0.369 e. The van der Waals surface area contributed by atoms with Crippen LogP contribution >= 0.6 is 28.3 Å². The molecule has 0 spiro atoms. The molecule has 0 saturated carbocycles. The maximum atomic E-state index is 6.10. The number of hydrogen-bond acceptors (Lipinski definition) is 1. The van der Waals surface area contributed by atoms with Gasteiger partial charge in [-0.2, -0.15) is 0 Å². The molecule has 0 aliphatic heterocycles. The fourth-order valence-electron chi connectivity index (χ4n) is 2.45. The number of guanidine groups is 1. The van der Waals surface area contributed by atoms with Gasteiger partial charge < -0.3 is 11.1 Å². The van der Waals surface area contributed by atoms with E-state index in [0.717, 1.165) is 35.1 Å². The van der Waals surface area contributed by atoms with E-state index in [1.165, 1.54) is 16.7 Å². The Labute approximate surface area is 159 Å². The summed E-state index contributed by atoms with van der Waals surface area (Å²) in [5.74, 6) is 0.397. The van der Waals surface area contributed by atoms with Crippen LogP contribution in [0.2, 0.25) is 0 Å². The first-order valence-electron chi connectivity index (χ1n) is 8.08. The lowest BCUT2D eigenvalue weighted by molar-refractivity contribution is 1.07. The van der Waals surface area contributed by atoms with Crippen LogP contribution in [0.15, 0.2) is 45.9 Å². The van der Waals surface area contributed by atoms with E-state index >= 15 is 0 Å².